The van der Waals surface area contributed by atoms with Gasteiger partial charge in [0.2, 0.25) is 0 Å². The van der Waals surface area contributed by atoms with Gasteiger partial charge in [-0.05, 0) is 26.0 Å². The summed E-state index contributed by atoms with van der Waals surface area (Å²) in [4.78, 5) is 22.2. The van der Waals surface area contributed by atoms with E-state index in [0.717, 1.165) is 61.8 Å². The Bertz CT molecular complexity index is 1200. The second kappa shape index (κ2) is 8.48. The lowest BCUT2D eigenvalue weighted by Crippen LogP contribution is -2.48. The maximum absolute atomic E-state index is 13.3. The zero-order valence-corrected chi connectivity index (χ0v) is 19.6. The Balaban J connectivity index is 1.47. The number of piperazine rings is 1. The Hall–Kier alpha value is -2.88. The largest absolute Gasteiger partial charge is 0.487 e. The SMILES string of the molecule is CC1(C)Cc2cc(NC(=O)c3cnn4ccc(Cl)nc34)c(N3CCN(CCN)CC3)cc2O1. The number of benzene rings is 1. The number of ether oxygens (including phenoxy) is 1. The highest BCUT2D eigenvalue weighted by Gasteiger charge is 2.32. The van der Waals surface area contributed by atoms with E-state index in [-0.39, 0.29) is 11.5 Å². The normalized spacial score (nSPS) is 17.8. The summed E-state index contributed by atoms with van der Waals surface area (Å²) >= 11 is 6.05. The third-order valence-electron chi connectivity index (χ3n) is 6.17. The number of nitrogens with two attached hydrogens (primary N) is 1. The fourth-order valence-electron chi connectivity index (χ4n) is 4.59. The summed E-state index contributed by atoms with van der Waals surface area (Å²) in [5, 5.41) is 7.65. The smallest absolute Gasteiger partial charge is 0.261 e. The maximum Gasteiger partial charge on any atom is 0.261 e. The molecule has 3 aromatic rings. The average molecular weight is 470 g/mol. The van der Waals surface area contributed by atoms with E-state index in [9.17, 15) is 4.79 Å². The van der Waals surface area contributed by atoms with Gasteiger partial charge in [0.1, 0.15) is 22.1 Å². The zero-order valence-electron chi connectivity index (χ0n) is 18.8. The topological polar surface area (TPSA) is 101 Å². The molecule has 0 bridgehead atoms. The van der Waals surface area contributed by atoms with E-state index in [2.05, 4.69) is 45.1 Å². The number of anilines is 2. The van der Waals surface area contributed by atoms with Gasteiger partial charge in [-0.25, -0.2) is 9.50 Å². The van der Waals surface area contributed by atoms with Crippen LogP contribution in [0.4, 0.5) is 11.4 Å². The van der Waals surface area contributed by atoms with E-state index in [4.69, 9.17) is 22.1 Å². The number of halogens is 1. The highest BCUT2D eigenvalue weighted by molar-refractivity contribution is 6.29. The summed E-state index contributed by atoms with van der Waals surface area (Å²) < 4.78 is 7.72. The molecule has 9 nitrogen and oxygen atoms in total. The maximum atomic E-state index is 13.3. The van der Waals surface area contributed by atoms with E-state index in [0.29, 0.717) is 22.9 Å². The standard InChI is InChI=1S/C23H28ClN7O2/c1-23(2)13-15-11-17(27-22(32)16-14-26-31-5-3-20(24)28-21(16)31)18(12-19(15)33-23)30-9-7-29(6-4-25)8-10-30/h3,5,11-12,14H,4,6-10,13,25H2,1-2H3,(H,27,32). The Kier molecular flexibility index (Phi) is 5.64. The van der Waals surface area contributed by atoms with E-state index >= 15 is 0 Å². The number of rotatable bonds is 5. The summed E-state index contributed by atoms with van der Waals surface area (Å²) in [6.07, 6.45) is 3.98. The summed E-state index contributed by atoms with van der Waals surface area (Å²) in [5.74, 6) is 0.600. The van der Waals surface area contributed by atoms with Crippen LogP contribution in [0.25, 0.3) is 5.65 Å². The van der Waals surface area contributed by atoms with Crippen LogP contribution in [0.2, 0.25) is 5.15 Å². The monoisotopic (exact) mass is 469 g/mol. The molecular weight excluding hydrogens is 442 g/mol. The number of carbonyl (C=O) groups excluding carboxylic acids is 1. The number of nitrogens with zero attached hydrogens (tertiary/aromatic N) is 5. The van der Waals surface area contributed by atoms with Crippen molar-refractivity contribution in [3.8, 4) is 5.75 Å². The summed E-state index contributed by atoms with van der Waals surface area (Å²) in [5.41, 5.74) is 9.04. The molecule has 0 radical (unpaired) electrons. The van der Waals surface area contributed by atoms with Gasteiger partial charge in [0.05, 0.1) is 17.6 Å². The number of aromatic nitrogens is 3. The second-order valence-electron chi connectivity index (χ2n) is 9.16. The first-order valence-corrected chi connectivity index (χ1v) is 11.6. The van der Waals surface area contributed by atoms with E-state index < -0.39 is 0 Å². The molecule has 0 aliphatic carbocycles. The predicted octanol–water partition coefficient (Wildman–Crippen LogP) is 2.43. The highest BCUT2D eigenvalue weighted by Crippen LogP contribution is 2.42. The van der Waals surface area contributed by atoms with Crippen LogP contribution in [-0.2, 0) is 6.42 Å². The number of hydrogen-bond donors (Lipinski definition) is 2. The molecule has 1 amide bonds. The van der Waals surface area contributed by atoms with Gasteiger partial charge in [-0.3, -0.25) is 9.69 Å². The van der Waals surface area contributed by atoms with Crippen molar-refractivity contribution < 1.29 is 9.53 Å². The minimum Gasteiger partial charge on any atom is -0.487 e. The molecule has 3 N–H and O–H groups in total. The van der Waals surface area contributed by atoms with Crippen molar-refractivity contribution >= 4 is 34.5 Å². The Morgan fingerprint density at radius 2 is 2.06 bits per heavy atom. The number of amides is 1. The quantitative estimate of drug-likeness (QED) is 0.553. The molecule has 33 heavy (non-hydrogen) atoms. The Morgan fingerprint density at radius 1 is 1.27 bits per heavy atom. The van der Waals surface area contributed by atoms with Crippen molar-refractivity contribution in [2.45, 2.75) is 25.9 Å². The summed E-state index contributed by atoms with van der Waals surface area (Å²) in [7, 11) is 0. The minimum atomic E-state index is -0.277. The van der Waals surface area contributed by atoms with Crippen molar-refractivity contribution in [2.24, 2.45) is 5.73 Å². The van der Waals surface area contributed by atoms with Crippen LogP contribution in [0.5, 0.6) is 5.75 Å². The first kappa shape index (κ1) is 21.9. The van der Waals surface area contributed by atoms with Crippen molar-refractivity contribution in [2.75, 3.05) is 49.5 Å². The average Bonchev–Trinajstić information content (AvgIpc) is 3.32. The Morgan fingerprint density at radius 3 is 2.82 bits per heavy atom. The molecule has 10 heteroatoms. The van der Waals surface area contributed by atoms with Gasteiger partial charge >= 0.3 is 0 Å². The molecule has 2 aliphatic heterocycles. The van der Waals surface area contributed by atoms with Gasteiger partial charge in [-0.2, -0.15) is 5.10 Å². The molecule has 0 saturated carbocycles. The van der Waals surface area contributed by atoms with Crippen LogP contribution >= 0.6 is 11.6 Å². The van der Waals surface area contributed by atoms with Gasteiger partial charge in [-0.15, -0.1) is 0 Å². The molecule has 2 aromatic heterocycles. The number of fused-ring (bicyclic) bond motifs is 2. The van der Waals surface area contributed by atoms with E-state index in [1.807, 2.05) is 6.07 Å². The number of hydrogen-bond acceptors (Lipinski definition) is 7. The van der Waals surface area contributed by atoms with Crippen LogP contribution in [0.1, 0.15) is 29.8 Å². The highest BCUT2D eigenvalue weighted by atomic mass is 35.5. The summed E-state index contributed by atoms with van der Waals surface area (Å²) in [6.45, 7) is 9.23. The van der Waals surface area contributed by atoms with Crippen LogP contribution in [0.15, 0.2) is 30.6 Å². The van der Waals surface area contributed by atoms with Crippen molar-refractivity contribution in [1.29, 1.82) is 0 Å². The lowest BCUT2D eigenvalue weighted by Gasteiger charge is -2.37. The molecule has 4 heterocycles. The summed E-state index contributed by atoms with van der Waals surface area (Å²) in [6, 6.07) is 5.73. The number of nitrogens with one attached hydrogen (secondary N) is 1. The van der Waals surface area contributed by atoms with Crippen molar-refractivity contribution in [1.82, 2.24) is 19.5 Å². The van der Waals surface area contributed by atoms with E-state index in [1.54, 1.807) is 12.3 Å². The van der Waals surface area contributed by atoms with Gasteiger partial charge in [0.15, 0.2) is 5.65 Å². The third kappa shape index (κ3) is 4.36. The molecule has 174 valence electrons. The first-order valence-electron chi connectivity index (χ1n) is 11.2. The third-order valence-corrected chi connectivity index (χ3v) is 6.38. The van der Waals surface area contributed by atoms with Gasteiger partial charge in [-0.1, -0.05) is 11.6 Å². The van der Waals surface area contributed by atoms with E-state index in [1.165, 1.54) is 10.7 Å². The first-order chi connectivity index (χ1) is 15.8. The van der Waals surface area contributed by atoms with Crippen molar-refractivity contribution in [3.05, 3.63) is 46.9 Å². The molecule has 0 atom stereocenters. The zero-order chi connectivity index (χ0) is 23.2. The lowest BCUT2D eigenvalue weighted by molar-refractivity contribution is 0.102. The van der Waals surface area contributed by atoms with Gasteiger partial charge in [0.25, 0.3) is 5.91 Å². The molecule has 1 saturated heterocycles. The Labute approximate surface area is 197 Å². The van der Waals surface area contributed by atoms with Gasteiger partial charge < -0.3 is 20.7 Å². The molecule has 0 spiro atoms. The lowest BCUT2D eigenvalue weighted by atomic mass is 10.0. The van der Waals surface area contributed by atoms with Crippen LogP contribution in [-0.4, -0.2) is 70.3 Å². The molecule has 2 aliphatic rings. The van der Waals surface area contributed by atoms with Crippen LogP contribution in [0.3, 0.4) is 0 Å². The molecule has 1 aromatic carbocycles. The van der Waals surface area contributed by atoms with Crippen LogP contribution < -0.4 is 20.7 Å². The molecule has 0 unspecified atom stereocenters. The van der Waals surface area contributed by atoms with Gasteiger partial charge in [0, 0.05) is 63.5 Å². The fourth-order valence-corrected chi connectivity index (χ4v) is 4.73. The fraction of sp³-hybridized carbons (Fsp3) is 0.435. The number of carbonyl (C=O) groups is 1. The minimum absolute atomic E-state index is 0.273. The molecule has 5 rings (SSSR count). The van der Waals surface area contributed by atoms with Crippen molar-refractivity contribution in [3.63, 3.8) is 0 Å². The van der Waals surface area contributed by atoms with Crippen LogP contribution in [0, 0.1) is 0 Å². The molecule has 1 fully saturated rings. The molecular formula is C23H28ClN7O2. The second-order valence-corrected chi connectivity index (χ2v) is 9.55. The predicted molar refractivity (Wildman–Crippen MR) is 129 cm³/mol.